The molecule has 96 valence electrons. The molecule has 18 heavy (non-hydrogen) atoms. The Balaban J connectivity index is 2.12. The normalized spacial score (nSPS) is 11.1. The molecule has 0 aliphatic carbocycles. The fourth-order valence-corrected chi connectivity index (χ4v) is 2.54. The molecule has 0 aliphatic rings. The summed E-state index contributed by atoms with van der Waals surface area (Å²) in [6.07, 6.45) is 2.48. The van der Waals surface area contributed by atoms with Crippen molar-refractivity contribution in [3.63, 3.8) is 0 Å². The predicted octanol–water partition coefficient (Wildman–Crippen LogP) is 5.45. The summed E-state index contributed by atoms with van der Waals surface area (Å²) in [6, 6.07) is 13.0. The molecule has 2 aromatic rings. The number of fused-ring (bicyclic) bond motifs is 1. The highest BCUT2D eigenvalue weighted by molar-refractivity contribution is 9.10. The maximum Gasteiger partial charge on any atom is 0.0346 e. The highest BCUT2D eigenvalue weighted by Crippen LogP contribution is 2.23. The Labute approximate surface area is 118 Å². The van der Waals surface area contributed by atoms with Gasteiger partial charge in [-0.15, -0.1) is 0 Å². The van der Waals surface area contributed by atoms with Crippen LogP contribution in [0.5, 0.6) is 0 Å². The van der Waals surface area contributed by atoms with Crippen molar-refractivity contribution in [1.29, 1.82) is 0 Å². The van der Waals surface area contributed by atoms with Crippen molar-refractivity contribution >= 4 is 32.4 Å². The first kappa shape index (κ1) is 13.4. The standard InChI is InChI=1S/C16H20BrN/c1-3-12(4-2)11-18-16-8-6-13-9-15(17)7-5-14(13)10-16/h5-10,12,18H,3-4,11H2,1-2H3. The van der Waals surface area contributed by atoms with Crippen LogP contribution in [0.2, 0.25) is 0 Å². The fourth-order valence-electron chi connectivity index (χ4n) is 2.17. The smallest absolute Gasteiger partial charge is 0.0346 e. The molecule has 0 saturated heterocycles. The third kappa shape index (κ3) is 3.26. The van der Waals surface area contributed by atoms with Crippen molar-refractivity contribution < 1.29 is 0 Å². The molecule has 1 nitrogen and oxygen atoms in total. The third-order valence-electron chi connectivity index (χ3n) is 3.55. The molecule has 2 heteroatoms. The second-order valence-electron chi connectivity index (χ2n) is 4.77. The van der Waals surface area contributed by atoms with Crippen LogP contribution < -0.4 is 5.32 Å². The number of halogens is 1. The number of rotatable bonds is 5. The first-order chi connectivity index (χ1) is 8.72. The minimum atomic E-state index is 0.769. The van der Waals surface area contributed by atoms with Gasteiger partial charge in [0, 0.05) is 16.7 Å². The van der Waals surface area contributed by atoms with Gasteiger partial charge in [-0.05, 0) is 41.0 Å². The van der Waals surface area contributed by atoms with Gasteiger partial charge in [0.05, 0.1) is 0 Å². The Morgan fingerprint density at radius 2 is 1.67 bits per heavy atom. The van der Waals surface area contributed by atoms with E-state index < -0.39 is 0 Å². The zero-order valence-electron chi connectivity index (χ0n) is 11.0. The van der Waals surface area contributed by atoms with Crippen molar-refractivity contribution in [2.45, 2.75) is 26.7 Å². The summed E-state index contributed by atoms with van der Waals surface area (Å²) in [4.78, 5) is 0. The van der Waals surface area contributed by atoms with Crippen LogP contribution >= 0.6 is 15.9 Å². The summed E-state index contributed by atoms with van der Waals surface area (Å²) < 4.78 is 1.13. The first-order valence-electron chi connectivity index (χ1n) is 6.66. The summed E-state index contributed by atoms with van der Waals surface area (Å²) in [5, 5.41) is 6.10. The lowest BCUT2D eigenvalue weighted by molar-refractivity contribution is 0.519. The minimum absolute atomic E-state index is 0.769. The van der Waals surface area contributed by atoms with Crippen LogP contribution in [0.4, 0.5) is 5.69 Å². The van der Waals surface area contributed by atoms with E-state index in [2.05, 4.69) is 71.5 Å². The molecular weight excluding hydrogens is 286 g/mol. The van der Waals surface area contributed by atoms with Gasteiger partial charge in [-0.25, -0.2) is 0 Å². The summed E-state index contributed by atoms with van der Waals surface area (Å²) >= 11 is 3.50. The number of hydrogen-bond acceptors (Lipinski definition) is 1. The van der Waals surface area contributed by atoms with E-state index >= 15 is 0 Å². The van der Waals surface area contributed by atoms with Gasteiger partial charge in [0.1, 0.15) is 0 Å². The molecule has 2 aromatic carbocycles. The Bertz CT molecular complexity index is 517. The van der Waals surface area contributed by atoms with Crippen LogP contribution in [-0.4, -0.2) is 6.54 Å². The van der Waals surface area contributed by atoms with Crippen LogP contribution in [0, 0.1) is 5.92 Å². The van der Waals surface area contributed by atoms with Crippen molar-refractivity contribution in [2.24, 2.45) is 5.92 Å². The van der Waals surface area contributed by atoms with Gasteiger partial charge < -0.3 is 5.32 Å². The van der Waals surface area contributed by atoms with Gasteiger partial charge in [-0.3, -0.25) is 0 Å². The Morgan fingerprint density at radius 1 is 1.00 bits per heavy atom. The van der Waals surface area contributed by atoms with Crippen LogP contribution in [0.1, 0.15) is 26.7 Å². The van der Waals surface area contributed by atoms with Gasteiger partial charge in [-0.1, -0.05) is 54.8 Å². The van der Waals surface area contributed by atoms with Crippen molar-refractivity contribution in [3.8, 4) is 0 Å². The Hall–Kier alpha value is -1.02. The summed E-state index contributed by atoms with van der Waals surface area (Å²) in [5.41, 5.74) is 1.22. The molecule has 0 bridgehead atoms. The number of hydrogen-bond donors (Lipinski definition) is 1. The summed E-state index contributed by atoms with van der Waals surface area (Å²) in [6.45, 7) is 5.58. The molecule has 0 unspecified atom stereocenters. The highest BCUT2D eigenvalue weighted by atomic mass is 79.9. The second kappa shape index (κ2) is 6.24. The van der Waals surface area contributed by atoms with E-state index in [0.29, 0.717) is 0 Å². The van der Waals surface area contributed by atoms with Gasteiger partial charge in [0.15, 0.2) is 0 Å². The average molecular weight is 306 g/mol. The molecule has 0 aromatic heterocycles. The highest BCUT2D eigenvalue weighted by Gasteiger charge is 2.03. The maximum absolute atomic E-state index is 3.54. The van der Waals surface area contributed by atoms with Crippen molar-refractivity contribution in [1.82, 2.24) is 0 Å². The number of benzene rings is 2. The van der Waals surface area contributed by atoms with Gasteiger partial charge in [0.2, 0.25) is 0 Å². The fraction of sp³-hybridized carbons (Fsp3) is 0.375. The average Bonchev–Trinajstić information content (AvgIpc) is 2.40. The van der Waals surface area contributed by atoms with E-state index in [-0.39, 0.29) is 0 Å². The van der Waals surface area contributed by atoms with E-state index in [9.17, 15) is 0 Å². The molecule has 0 saturated carbocycles. The molecule has 0 atom stereocenters. The zero-order valence-corrected chi connectivity index (χ0v) is 12.6. The molecule has 0 amide bonds. The number of anilines is 1. The molecule has 0 aliphatic heterocycles. The summed E-state index contributed by atoms with van der Waals surface area (Å²) in [7, 11) is 0. The van der Waals surface area contributed by atoms with Crippen molar-refractivity contribution in [2.75, 3.05) is 11.9 Å². The topological polar surface area (TPSA) is 12.0 Å². The maximum atomic E-state index is 3.54. The van der Waals surface area contributed by atoms with Crippen molar-refractivity contribution in [3.05, 3.63) is 40.9 Å². The molecule has 2 rings (SSSR count). The Morgan fingerprint density at radius 3 is 2.39 bits per heavy atom. The monoisotopic (exact) mass is 305 g/mol. The first-order valence-corrected chi connectivity index (χ1v) is 7.45. The lowest BCUT2D eigenvalue weighted by Gasteiger charge is -2.14. The molecule has 1 N–H and O–H groups in total. The van der Waals surface area contributed by atoms with Crippen LogP contribution in [-0.2, 0) is 0 Å². The molecule has 0 fully saturated rings. The van der Waals surface area contributed by atoms with E-state index in [4.69, 9.17) is 0 Å². The molecule has 0 spiro atoms. The quantitative estimate of drug-likeness (QED) is 0.774. The van der Waals surface area contributed by atoms with E-state index in [1.54, 1.807) is 0 Å². The van der Waals surface area contributed by atoms with Gasteiger partial charge in [0.25, 0.3) is 0 Å². The van der Waals surface area contributed by atoms with Gasteiger partial charge in [-0.2, -0.15) is 0 Å². The third-order valence-corrected chi connectivity index (χ3v) is 4.05. The van der Waals surface area contributed by atoms with Crippen LogP contribution in [0.25, 0.3) is 10.8 Å². The van der Waals surface area contributed by atoms with E-state index in [0.717, 1.165) is 16.9 Å². The lowest BCUT2D eigenvalue weighted by Crippen LogP contribution is -2.12. The second-order valence-corrected chi connectivity index (χ2v) is 5.69. The van der Waals surface area contributed by atoms with E-state index in [1.807, 2.05) is 0 Å². The van der Waals surface area contributed by atoms with Crippen LogP contribution in [0.3, 0.4) is 0 Å². The zero-order chi connectivity index (χ0) is 13.0. The summed E-state index contributed by atoms with van der Waals surface area (Å²) in [5.74, 6) is 0.769. The Kier molecular flexibility index (Phi) is 4.65. The van der Waals surface area contributed by atoms with E-state index in [1.165, 1.54) is 29.3 Å². The molecular formula is C16H20BrN. The molecule has 0 heterocycles. The SMILES string of the molecule is CCC(CC)CNc1ccc2cc(Br)ccc2c1. The molecule has 0 radical (unpaired) electrons. The largest absolute Gasteiger partial charge is 0.385 e. The van der Waals surface area contributed by atoms with Gasteiger partial charge >= 0.3 is 0 Å². The minimum Gasteiger partial charge on any atom is -0.385 e. The number of nitrogens with one attached hydrogen (secondary N) is 1. The van der Waals surface area contributed by atoms with Crippen LogP contribution in [0.15, 0.2) is 40.9 Å². The predicted molar refractivity (Wildman–Crippen MR) is 84.2 cm³/mol. The lowest BCUT2D eigenvalue weighted by atomic mass is 10.0.